The van der Waals surface area contributed by atoms with Crippen LogP contribution in [0.3, 0.4) is 0 Å². The van der Waals surface area contributed by atoms with E-state index in [1.165, 1.54) is 0 Å². The van der Waals surface area contributed by atoms with E-state index in [0.717, 1.165) is 18.8 Å². The van der Waals surface area contributed by atoms with Crippen molar-refractivity contribution in [3.63, 3.8) is 0 Å². The van der Waals surface area contributed by atoms with Gasteiger partial charge in [0.05, 0.1) is 0 Å². The van der Waals surface area contributed by atoms with E-state index in [1.807, 2.05) is 0 Å². The number of aliphatic hydroxyl groups is 1. The van der Waals surface area contributed by atoms with Gasteiger partial charge in [-0.2, -0.15) is 0 Å². The predicted octanol–water partition coefficient (Wildman–Crippen LogP) is 0.149. The number of aryl methyl sites for hydroxylation is 1. The van der Waals surface area contributed by atoms with Crippen molar-refractivity contribution in [2.45, 2.75) is 18.4 Å². The molecule has 1 fully saturated rings. The SMILES string of the molecule is Cn1nnc(Br)c1C1(O)CCNCC1. The molecule has 0 spiro atoms. The molecule has 0 unspecified atom stereocenters. The van der Waals surface area contributed by atoms with Crippen molar-refractivity contribution < 1.29 is 5.11 Å². The molecule has 14 heavy (non-hydrogen) atoms. The normalized spacial score (nSPS) is 21.1. The molecule has 1 aromatic rings. The van der Waals surface area contributed by atoms with Crippen LogP contribution in [0.4, 0.5) is 0 Å². The summed E-state index contributed by atoms with van der Waals surface area (Å²) in [7, 11) is 1.80. The Bertz CT molecular complexity index is 313. The highest BCUT2D eigenvalue weighted by molar-refractivity contribution is 9.10. The second-order valence-corrected chi connectivity index (χ2v) is 4.39. The van der Waals surface area contributed by atoms with Crippen LogP contribution in [0.15, 0.2) is 4.60 Å². The minimum Gasteiger partial charge on any atom is -0.383 e. The van der Waals surface area contributed by atoms with Gasteiger partial charge in [-0.25, -0.2) is 4.68 Å². The topological polar surface area (TPSA) is 63.0 Å². The average Bonchev–Trinajstić information content (AvgIpc) is 2.48. The lowest BCUT2D eigenvalue weighted by Gasteiger charge is -2.32. The van der Waals surface area contributed by atoms with Crippen molar-refractivity contribution >= 4 is 15.9 Å². The molecule has 0 amide bonds. The summed E-state index contributed by atoms with van der Waals surface area (Å²) >= 11 is 3.31. The van der Waals surface area contributed by atoms with Gasteiger partial charge in [-0.3, -0.25) is 0 Å². The van der Waals surface area contributed by atoms with Crippen molar-refractivity contribution in [1.82, 2.24) is 20.3 Å². The van der Waals surface area contributed by atoms with Gasteiger partial charge < -0.3 is 10.4 Å². The summed E-state index contributed by atoms with van der Waals surface area (Å²) in [6, 6.07) is 0. The Hall–Kier alpha value is -0.460. The molecule has 0 aliphatic carbocycles. The van der Waals surface area contributed by atoms with Crippen molar-refractivity contribution in [3.05, 3.63) is 10.3 Å². The summed E-state index contributed by atoms with van der Waals surface area (Å²) in [5.41, 5.74) is -0.0125. The van der Waals surface area contributed by atoms with Gasteiger partial charge in [-0.1, -0.05) is 5.21 Å². The number of rotatable bonds is 1. The molecule has 1 aromatic heterocycles. The zero-order valence-electron chi connectivity index (χ0n) is 8.00. The maximum absolute atomic E-state index is 10.4. The highest BCUT2D eigenvalue weighted by atomic mass is 79.9. The molecule has 0 aromatic carbocycles. The minimum atomic E-state index is -0.789. The quantitative estimate of drug-likeness (QED) is 0.755. The standard InChI is InChI=1S/C8H13BrN4O/c1-13-6(7(9)11-12-13)8(14)2-4-10-5-3-8/h10,14H,2-5H2,1H3. The molecule has 6 heteroatoms. The van der Waals surface area contributed by atoms with Crippen LogP contribution in [0, 0.1) is 0 Å². The third-order valence-electron chi connectivity index (χ3n) is 2.66. The highest BCUT2D eigenvalue weighted by Gasteiger charge is 2.36. The minimum absolute atomic E-state index is 0.643. The molecule has 0 bridgehead atoms. The fourth-order valence-corrected chi connectivity index (χ4v) is 2.60. The number of hydrogen-bond acceptors (Lipinski definition) is 4. The fraction of sp³-hybridized carbons (Fsp3) is 0.750. The number of halogens is 1. The summed E-state index contributed by atoms with van der Waals surface area (Å²) < 4.78 is 2.28. The van der Waals surface area contributed by atoms with E-state index in [9.17, 15) is 5.11 Å². The third-order valence-corrected chi connectivity index (χ3v) is 3.19. The van der Waals surface area contributed by atoms with Crippen molar-refractivity contribution in [3.8, 4) is 0 Å². The van der Waals surface area contributed by atoms with Gasteiger partial charge >= 0.3 is 0 Å². The lowest BCUT2D eigenvalue weighted by molar-refractivity contribution is -0.00219. The molecular weight excluding hydrogens is 248 g/mol. The number of hydrogen-bond donors (Lipinski definition) is 2. The average molecular weight is 261 g/mol. The van der Waals surface area contributed by atoms with Crippen LogP contribution in [-0.4, -0.2) is 33.2 Å². The van der Waals surface area contributed by atoms with Crippen LogP contribution in [0.5, 0.6) is 0 Å². The molecule has 0 saturated carbocycles. The van der Waals surface area contributed by atoms with E-state index in [-0.39, 0.29) is 0 Å². The molecule has 5 nitrogen and oxygen atoms in total. The molecule has 1 aliphatic heterocycles. The summed E-state index contributed by atoms with van der Waals surface area (Å²) in [6.45, 7) is 1.66. The van der Waals surface area contributed by atoms with Gasteiger partial charge in [0.2, 0.25) is 0 Å². The molecule has 1 aliphatic rings. The highest BCUT2D eigenvalue weighted by Crippen LogP contribution is 2.33. The molecule has 0 atom stereocenters. The van der Waals surface area contributed by atoms with Crippen LogP contribution in [0.2, 0.25) is 0 Å². The Balaban J connectivity index is 2.36. The van der Waals surface area contributed by atoms with Gasteiger partial charge in [0, 0.05) is 7.05 Å². The Morgan fingerprint density at radius 2 is 2.14 bits per heavy atom. The van der Waals surface area contributed by atoms with Crippen LogP contribution >= 0.6 is 15.9 Å². The predicted molar refractivity (Wildman–Crippen MR) is 54.7 cm³/mol. The first-order chi connectivity index (χ1) is 6.63. The van der Waals surface area contributed by atoms with Gasteiger partial charge in [0.15, 0.2) is 4.60 Å². The fourth-order valence-electron chi connectivity index (χ4n) is 1.90. The van der Waals surface area contributed by atoms with E-state index >= 15 is 0 Å². The van der Waals surface area contributed by atoms with E-state index in [2.05, 4.69) is 31.6 Å². The molecule has 2 heterocycles. The van der Waals surface area contributed by atoms with Crippen LogP contribution in [0.25, 0.3) is 0 Å². The first-order valence-electron chi connectivity index (χ1n) is 4.62. The molecule has 0 radical (unpaired) electrons. The second kappa shape index (κ2) is 3.60. The summed E-state index contributed by atoms with van der Waals surface area (Å²) in [6.07, 6.45) is 1.40. The van der Waals surface area contributed by atoms with Gasteiger partial charge in [-0.05, 0) is 41.9 Å². The number of nitrogens with one attached hydrogen (secondary N) is 1. The largest absolute Gasteiger partial charge is 0.383 e. The molecule has 78 valence electrons. The molecular formula is C8H13BrN4O. The van der Waals surface area contributed by atoms with Crippen LogP contribution < -0.4 is 5.32 Å². The number of aromatic nitrogens is 3. The lowest BCUT2D eigenvalue weighted by Crippen LogP contribution is -2.41. The monoisotopic (exact) mass is 260 g/mol. The van der Waals surface area contributed by atoms with Crippen molar-refractivity contribution in [2.75, 3.05) is 13.1 Å². The van der Waals surface area contributed by atoms with Crippen LogP contribution in [0.1, 0.15) is 18.5 Å². The smallest absolute Gasteiger partial charge is 0.154 e. The first kappa shape index (κ1) is 10.1. The Kier molecular flexibility index (Phi) is 2.59. The zero-order valence-corrected chi connectivity index (χ0v) is 9.58. The number of piperidine rings is 1. The lowest BCUT2D eigenvalue weighted by atomic mass is 9.89. The maximum Gasteiger partial charge on any atom is 0.154 e. The van der Waals surface area contributed by atoms with Crippen molar-refractivity contribution in [2.24, 2.45) is 7.05 Å². The Labute approximate surface area is 90.6 Å². The van der Waals surface area contributed by atoms with Gasteiger partial charge in [-0.15, -0.1) is 5.10 Å². The zero-order chi connectivity index (χ0) is 10.2. The summed E-state index contributed by atoms with van der Waals surface area (Å²) in [5.74, 6) is 0. The summed E-state index contributed by atoms with van der Waals surface area (Å²) in [5, 5.41) is 21.4. The van der Waals surface area contributed by atoms with Crippen LogP contribution in [-0.2, 0) is 12.6 Å². The third kappa shape index (κ3) is 1.57. The Morgan fingerprint density at radius 3 is 2.64 bits per heavy atom. The van der Waals surface area contributed by atoms with E-state index in [1.54, 1.807) is 11.7 Å². The Morgan fingerprint density at radius 1 is 1.50 bits per heavy atom. The van der Waals surface area contributed by atoms with E-state index in [4.69, 9.17) is 0 Å². The molecule has 2 rings (SSSR count). The summed E-state index contributed by atoms with van der Waals surface area (Å²) in [4.78, 5) is 0. The van der Waals surface area contributed by atoms with E-state index in [0.29, 0.717) is 17.4 Å². The molecule has 2 N–H and O–H groups in total. The van der Waals surface area contributed by atoms with Gasteiger partial charge in [0.1, 0.15) is 11.3 Å². The first-order valence-corrected chi connectivity index (χ1v) is 5.41. The maximum atomic E-state index is 10.4. The number of nitrogens with zero attached hydrogens (tertiary/aromatic N) is 3. The second-order valence-electron chi connectivity index (χ2n) is 3.63. The van der Waals surface area contributed by atoms with Gasteiger partial charge in [0.25, 0.3) is 0 Å². The van der Waals surface area contributed by atoms with Crippen molar-refractivity contribution in [1.29, 1.82) is 0 Å². The van der Waals surface area contributed by atoms with E-state index < -0.39 is 5.60 Å². The molecule has 1 saturated heterocycles.